The van der Waals surface area contributed by atoms with Crippen LogP contribution in [-0.2, 0) is 30.1 Å². The fourth-order valence-electron chi connectivity index (χ4n) is 4.14. The van der Waals surface area contributed by atoms with Crippen LogP contribution >= 0.6 is 34.7 Å². The number of nitrogens with one attached hydrogen (secondary N) is 1. The molecule has 0 saturated carbocycles. The van der Waals surface area contributed by atoms with Crippen LogP contribution in [0, 0.1) is 0 Å². The van der Waals surface area contributed by atoms with Crippen LogP contribution in [0.4, 0.5) is 5.95 Å². The average molecular weight is 512 g/mol. The van der Waals surface area contributed by atoms with Crippen LogP contribution < -0.4 is 5.32 Å². The summed E-state index contributed by atoms with van der Waals surface area (Å²) in [5.41, 5.74) is 3.03. The Labute approximate surface area is 209 Å². The van der Waals surface area contributed by atoms with E-state index in [0.29, 0.717) is 19.1 Å². The van der Waals surface area contributed by atoms with Gasteiger partial charge in [0.15, 0.2) is 10.8 Å². The summed E-state index contributed by atoms with van der Waals surface area (Å²) < 4.78 is 13.6. The molecule has 0 spiro atoms. The number of halogens is 1. The minimum atomic E-state index is -0.222. The Kier molecular flexibility index (Phi) is 5.52. The van der Waals surface area contributed by atoms with Crippen LogP contribution in [0.3, 0.4) is 0 Å². The van der Waals surface area contributed by atoms with Crippen molar-refractivity contribution in [1.82, 2.24) is 19.6 Å². The number of hydrogen-bond acceptors (Lipinski definition) is 8. The highest BCUT2D eigenvalue weighted by Crippen LogP contribution is 2.41. The van der Waals surface area contributed by atoms with E-state index < -0.39 is 0 Å². The van der Waals surface area contributed by atoms with Crippen molar-refractivity contribution in [3.05, 3.63) is 69.4 Å². The molecule has 7 nitrogen and oxygen atoms in total. The number of hydrogen-bond donors (Lipinski definition) is 1. The molecule has 4 aromatic heterocycles. The van der Waals surface area contributed by atoms with Gasteiger partial charge in [-0.15, -0.1) is 21.5 Å². The lowest BCUT2D eigenvalue weighted by Crippen LogP contribution is -2.31. The summed E-state index contributed by atoms with van der Waals surface area (Å²) in [5.74, 6) is 2.27. The monoisotopic (exact) mass is 511 g/mol. The quantitative estimate of drug-likeness (QED) is 0.266. The zero-order valence-electron chi connectivity index (χ0n) is 18.7. The van der Waals surface area contributed by atoms with E-state index in [2.05, 4.69) is 29.4 Å². The standard InChI is InChI=1S/C24H22ClN5O2S2/c1-24(2)10-17-18(12-32-24)34-21-19(17)20-28-29-23(33-13-14-5-7-15(25)8-6-14)30(20)22(27-21)26-11-16-4-3-9-31-16/h3-9H,10-13H2,1-2H3,(H,26,27). The predicted molar refractivity (Wildman–Crippen MR) is 136 cm³/mol. The molecule has 174 valence electrons. The van der Waals surface area contributed by atoms with E-state index in [1.54, 1.807) is 29.4 Å². The van der Waals surface area contributed by atoms with Gasteiger partial charge in [-0.25, -0.2) is 9.38 Å². The fraction of sp³-hybridized carbons (Fsp3) is 0.292. The van der Waals surface area contributed by atoms with E-state index in [9.17, 15) is 0 Å². The van der Waals surface area contributed by atoms with Crippen LogP contribution in [0.25, 0.3) is 15.9 Å². The summed E-state index contributed by atoms with van der Waals surface area (Å²) in [6.45, 7) is 5.36. The van der Waals surface area contributed by atoms with Crippen LogP contribution in [0.5, 0.6) is 0 Å². The van der Waals surface area contributed by atoms with E-state index >= 15 is 0 Å². The number of rotatable bonds is 6. The maximum Gasteiger partial charge on any atom is 0.212 e. The summed E-state index contributed by atoms with van der Waals surface area (Å²) in [6.07, 6.45) is 2.49. The molecule has 10 heteroatoms. The minimum absolute atomic E-state index is 0.222. The predicted octanol–water partition coefficient (Wildman–Crippen LogP) is 6.34. The van der Waals surface area contributed by atoms with Crippen LogP contribution in [-0.4, -0.2) is 25.2 Å². The Morgan fingerprint density at radius 2 is 2.06 bits per heavy atom. The zero-order valence-corrected chi connectivity index (χ0v) is 21.1. The molecule has 1 aliphatic rings. The van der Waals surface area contributed by atoms with Crippen molar-refractivity contribution < 1.29 is 9.15 Å². The van der Waals surface area contributed by atoms with Gasteiger partial charge >= 0.3 is 0 Å². The van der Waals surface area contributed by atoms with E-state index in [-0.39, 0.29) is 5.60 Å². The summed E-state index contributed by atoms with van der Waals surface area (Å²) in [4.78, 5) is 7.18. The molecule has 6 rings (SSSR count). The normalized spacial score (nSPS) is 15.1. The topological polar surface area (TPSA) is 77.5 Å². The number of aromatic nitrogens is 4. The van der Waals surface area contributed by atoms with E-state index in [1.807, 2.05) is 40.8 Å². The molecule has 0 aliphatic carbocycles. The largest absolute Gasteiger partial charge is 0.467 e. The number of furan rings is 1. The highest BCUT2D eigenvalue weighted by Gasteiger charge is 2.31. The van der Waals surface area contributed by atoms with Crippen LogP contribution in [0.1, 0.15) is 35.6 Å². The highest BCUT2D eigenvalue weighted by molar-refractivity contribution is 7.98. The maximum atomic E-state index is 6.06. The molecular formula is C24H22ClN5O2S2. The van der Waals surface area contributed by atoms with E-state index in [4.69, 9.17) is 25.7 Å². The van der Waals surface area contributed by atoms with Gasteiger partial charge in [0, 0.05) is 22.1 Å². The molecule has 0 bridgehead atoms. The lowest BCUT2D eigenvalue weighted by molar-refractivity contribution is -0.0379. The molecule has 5 aromatic rings. The first-order valence-electron chi connectivity index (χ1n) is 10.9. The summed E-state index contributed by atoms with van der Waals surface area (Å²) in [5, 5.41) is 15.2. The number of benzene rings is 1. The van der Waals surface area contributed by atoms with Gasteiger partial charge in [0.05, 0.1) is 30.4 Å². The molecule has 1 N–H and O–H groups in total. The van der Waals surface area contributed by atoms with Gasteiger partial charge in [0.1, 0.15) is 10.6 Å². The molecule has 34 heavy (non-hydrogen) atoms. The SMILES string of the molecule is CC1(C)Cc2c(sc3nc(NCc4ccco4)n4c(SCc5ccc(Cl)cc5)nnc4c23)CO1. The second-order valence-electron chi connectivity index (χ2n) is 8.83. The number of anilines is 1. The van der Waals surface area contributed by atoms with Gasteiger partial charge < -0.3 is 14.5 Å². The lowest BCUT2D eigenvalue weighted by atomic mass is 9.94. The Bertz CT molecular complexity index is 1480. The van der Waals surface area contributed by atoms with Crippen molar-refractivity contribution in [3.63, 3.8) is 0 Å². The molecule has 1 aromatic carbocycles. The van der Waals surface area contributed by atoms with Gasteiger partial charge in [-0.2, -0.15) is 0 Å². The first-order chi connectivity index (χ1) is 16.5. The lowest BCUT2D eigenvalue weighted by Gasteiger charge is -2.30. The van der Waals surface area contributed by atoms with Gasteiger partial charge in [-0.1, -0.05) is 35.5 Å². The van der Waals surface area contributed by atoms with E-state index in [1.165, 1.54) is 10.4 Å². The Hall–Kier alpha value is -2.59. The van der Waals surface area contributed by atoms with Crippen molar-refractivity contribution in [2.45, 2.75) is 49.9 Å². The van der Waals surface area contributed by atoms with Crippen LogP contribution in [0.2, 0.25) is 5.02 Å². The summed E-state index contributed by atoms with van der Waals surface area (Å²) in [7, 11) is 0. The minimum Gasteiger partial charge on any atom is -0.467 e. The third-order valence-electron chi connectivity index (χ3n) is 5.83. The first-order valence-corrected chi connectivity index (χ1v) is 13.1. The first kappa shape index (κ1) is 21.9. The average Bonchev–Trinajstić information content (AvgIpc) is 3.55. The molecular weight excluding hydrogens is 490 g/mol. The van der Waals surface area contributed by atoms with Crippen molar-refractivity contribution >= 4 is 56.5 Å². The molecule has 5 heterocycles. The fourth-order valence-corrected chi connectivity index (χ4v) is 6.25. The second kappa shape index (κ2) is 8.57. The summed E-state index contributed by atoms with van der Waals surface area (Å²) in [6, 6.07) is 11.7. The molecule has 0 radical (unpaired) electrons. The molecule has 0 atom stereocenters. The molecule has 0 unspecified atom stereocenters. The van der Waals surface area contributed by atoms with Gasteiger partial charge in [-0.3, -0.25) is 0 Å². The van der Waals surface area contributed by atoms with Crippen molar-refractivity contribution in [3.8, 4) is 0 Å². The van der Waals surface area contributed by atoms with Crippen molar-refractivity contribution in [1.29, 1.82) is 0 Å². The molecule has 0 amide bonds. The maximum absolute atomic E-state index is 6.06. The number of nitrogens with zero attached hydrogens (tertiary/aromatic N) is 4. The van der Waals surface area contributed by atoms with Crippen LogP contribution in [0.15, 0.2) is 52.2 Å². The number of thiophene rings is 1. The highest BCUT2D eigenvalue weighted by atomic mass is 35.5. The van der Waals surface area contributed by atoms with Gasteiger partial charge in [0.25, 0.3) is 0 Å². The third kappa shape index (κ3) is 4.07. The Morgan fingerprint density at radius 3 is 2.85 bits per heavy atom. The molecule has 0 saturated heterocycles. The van der Waals surface area contributed by atoms with Gasteiger partial charge in [0.2, 0.25) is 5.95 Å². The number of fused-ring (bicyclic) bond motifs is 5. The smallest absolute Gasteiger partial charge is 0.212 e. The summed E-state index contributed by atoms with van der Waals surface area (Å²) >= 11 is 9.34. The number of thioether (sulfide) groups is 1. The Balaban J connectivity index is 1.44. The zero-order chi connectivity index (χ0) is 23.3. The van der Waals surface area contributed by atoms with Crippen molar-refractivity contribution in [2.75, 3.05) is 5.32 Å². The Morgan fingerprint density at radius 1 is 1.21 bits per heavy atom. The third-order valence-corrected chi connectivity index (χ3v) is 8.18. The van der Waals surface area contributed by atoms with Crippen molar-refractivity contribution in [2.24, 2.45) is 0 Å². The van der Waals surface area contributed by atoms with E-state index in [0.717, 1.165) is 49.5 Å². The molecule has 0 fully saturated rings. The van der Waals surface area contributed by atoms with Gasteiger partial charge in [-0.05, 0) is 49.2 Å². The second-order valence-corrected chi connectivity index (χ2v) is 11.3. The molecule has 1 aliphatic heterocycles. The number of ether oxygens (including phenoxy) is 1.